The Labute approximate surface area is 106 Å². The quantitative estimate of drug-likeness (QED) is 0.576. The molecule has 7 nitrogen and oxygen atoms in total. The third-order valence-corrected chi connectivity index (χ3v) is 4.49. The monoisotopic (exact) mass is 293 g/mol. The third kappa shape index (κ3) is 4.03. The predicted octanol–water partition coefficient (Wildman–Crippen LogP) is -1.04. The van der Waals surface area contributed by atoms with Gasteiger partial charge in [0, 0.05) is 6.54 Å². The van der Waals surface area contributed by atoms with Gasteiger partial charge in [-0.3, -0.25) is 0 Å². The Morgan fingerprint density at radius 2 is 1.72 bits per heavy atom. The van der Waals surface area contributed by atoms with Gasteiger partial charge in [0.2, 0.25) is 20.0 Å². The van der Waals surface area contributed by atoms with E-state index >= 15 is 0 Å². The molecular formula is C9H15N3O4S2. The fourth-order valence-electron chi connectivity index (χ4n) is 1.21. The number of primary sulfonamides is 1. The van der Waals surface area contributed by atoms with Crippen LogP contribution in [0.25, 0.3) is 0 Å². The second kappa shape index (κ2) is 5.76. The average Bonchev–Trinajstić information content (AvgIpc) is 2.28. The van der Waals surface area contributed by atoms with E-state index < -0.39 is 20.0 Å². The zero-order valence-corrected chi connectivity index (χ0v) is 11.2. The van der Waals surface area contributed by atoms with Crippen LogP contribution in [0.4, 0.5) is 0 Å². The van der Waals surface area contributed by atoms with Gasteiger partial charge in [-0.1, -0.05) is 6.07 Å². The highest BCUT2D eigenvalue weighted by Gasteiger charge is 2.16. The van der Waals surface area contributed by atoms with E-state index in [4.69, 9.17) is 10.9 Å². The summed E-state index contributed by atoms with van der Waals surface area (Å²) in [6.07, 6.45) is 0.494. The summed E-state index contributed by atoms with van der Waals surface area (Å²) in [5.74, 6) is 0. The molecule has 0 fully saturated rings. The van der Waals surface area contributed by atoms with Crippen molar-refractivity contribution in [2.75, 3.05) is 13.1 Å². The second-order valence-electron chi connectivity index (χ2n) is 3.56. The number of nitrogens with two attached hydrogens (primary N) is 2. The van der Waals surface area contributed by atoms with E-state index in [9.17, 15) is 16.8 Å². The molecule has 1 aromatic rings. The summed E-state index contributed by atoms with van der Waals surface area (Å²) >= 11 is 0. The Balaban J connectivity index is 3.03. The van der Waals surface area contributed by atoms with Gasteiger partial charge in [-0.05, 0) is 31.2 Å². The molecule has 0 heterocycles. The van der Waals surface area contributed by atoms with Crippen LogP contribution in [0.1, 0.15) is 6.42 Å². The molecule has 9 heteroatoms. The number of nitrogens with one attached hydrogen (secondary N) is 1. The van der Waals surface area contributed by atoms with Crippen LogP contribution in [0.3, 0.4) is 0 Å². The van der Waals surface area contributed by atoms with Crippen LogP contribution >= 0.6 is 0 Å². The van der Waals surface area contributed by atoms with Crippen molar-refractivity contribution in [3.63, 3.8) is 0 Å². The summed E-state index contributed by atoms with van der Waals surface area (Å²) in [4.78, 5) is -0.393. The molecule has 1 aromatic carbocycles. The minimum atomic E-state index is -3.92. The van der Waals surface area contributed by atoms with Crippen molar-refractivity contribution in [1.82, 2.24) is 4.72 Å². The first-order valence-electron chi connectivity index (χ1n) is 5.10. The van der Waals surface area contributed by atoms with E-state index in [0.29, 0.717) is 13.0 Å². The van der Waals surface area contributed by atoms with Crippen molar-refractivity contribution in [2.24, 2.45) is 10.9 Å². The zero-order valence-electron chi connectivity index (χ0n) is 9.53. The molecule has 18 heavy (non-hydrogen) atoms. The van der Waals surface area contributed by atoms with Gasteiger partial charge in [-0.15, -0.1) is 0 Å². The molecule has 0 aromatic heterocycles. The van der Waals surface area contributed by atoms with Crippen LogP contribution in [-0.4, -0.2) is 29.9 Å². The summed E-state index contributed by atoms with van der Waals surface area (Å²) in [5.41, 5.74) is 5.25. The van der Waals surface area contributed by atoms with Crippen molar-refractivity contribution in [3.05, 3.63) is 24.3 Å². The summed E-state index contributed by atoms with van der Waals surface area (Å²) in [5, 5.41) is 4.93. The van der Waals surface area contributed by atoms with Gasteiger partial charge in [0.25, 0.3) is 0 Å². The molecule has 0 saturated carbocycles. The van der Waals surface area contributed by atoms with Crippen LogP contribution < -0.4 is 15.6 Å². The lowest BCUT2D eigenvalue weighted by molar-refractivity contribution is 0.579. The molecule has 102 valence electrons. The van der Waals surface area contributed by atoms with Gasteiger partial charge in [0.15, 0.2) is 0 Å². The first-order valence-corrected chi connectivity index (χ1v) is 8.13. The number of benzene rings is 1. The smallest absolute Gasteiger partial charge is 0.240 e. The predicted molar refractivity (Wildman–Crippen MR) is 66.7 cm³/mol. The van der Waals surface area contributed by atoms with Crippen molar-refractivity contribution >= 4 is 20.0 Å². The molecule has 0 spiro atoms. The lowest BCUT2D eigenvalue weighted by atomic mass is 10.4. The summed E-state index contributed by atoms with van der Waals surface area (Å²) in [6.45, 7) is 0.554. The maximum atomic E-state index is 11.8. The molecule has 5 N–H and O–H groups in total. The molecule has 0 aliphatic rings. The Morgan fingerprint density at radius 3 is 2.28 bits per heavy atom. The van der Waals surface area contributed by atoms with Gasteiger partial charge in [0.05, 0.1) is 9.79 Å². The average molecular weight is 293 g/mol. The third-order valence-electron chi connectivity index (χ3n) is 2.12. The van der Waals surface area contributed by atoms with Crippen molar-refractivity contribution in [2.45, 2.75) is 16.2 Å². The second-order valence-corrected chi connectivity index (χ2v) is 6.89. The SMILES string of the molecule is NCCCNS(=O)(=O)c1cccc(S(N)(=O)=O)c1. The minimum Gasteiger partial charge on any atom is -0.330 e. The lowest BCUT2D eigenvalue weighted by Gasteiger charge is -2.07. The fourth-order valence-corrected chi connectivity index (χ4v) is 2.96. The first-order chi connectivity index (χ1) is 8.27. The van der Waals surface area contributed by atoms with Crippen LogP contribution in [0.15, 0.2) is 34.1 Å². The van der Waals surface area contributed by atoms with Gasteiger partial charge in [-0.25, -0.2) is 26.7 Å². The van der Waals surface area contributed by atoms with Crippen molar-refractivity contribution in [1.29, 1.82) is 0 Å². The van der Waals surface area contributed by atoms with E-state index in [1.54, 1.807) is 0 Å². The van der Waals surface area contributed by atoms with Gasteiger partial charge in [-0.2, -0.15) is 0 Å². The molecule has 0 amide bonds. The summed E-state index contributed by atoms with van der Waals surface area (Å²) < 4.78 is 48.1. The lowest BCUT2D eigenvalue weighted by Crippen LogP contribution is -2.26. The van der Waals surface area contributed by atoms with E-state index in [0.717, 1.165) is 6.07 Å². The van der Waals surface area contributed by atoms with Gasteiger partial charge < -0.3 is 5.73 Å². The standard InChI is InChI=1S/C9H15N3O4S2/c10-5-2-6-12-18(15,16)9-4-1-3-8(7-9)17(11,13)14/h1,3-4,7,12H,2,5-6,10H2,(H2,11,13,14). The topological polar surface area (TPSA) is 132 Å². The van der Waals surface area contributed by atoms with Crippen LogP contribution in [0.2, 0.25) is 0 Å². The number of rotatable bonds is 6. The molecule has 0 unspecified atom stereocenters. The van der Waals surface area contributed by atoms with E-state index in [2.05, 4.69) is 4.72 Å². The highest BCUT2D eigenvalue weighted by Crippen LogP contribution is 2.14. The van der Waals surface area contributed by atoms with Crippen molar-refractivity contribution < 1.29 is 16.8 Å². The van der Waals surface area contributed by atoms with E-state index in [-0.39, 0.29) is 16.3 Å². The zero-order chi connectivity index (χ0) is 13.8. The summed E-state index contributed by atoms with van der Waals surface area (Å²) in [7, 11) is -7.66. The highest BCUT2D eigenvalue weighted by molar-refractivity contribution is 7.90. The molecule has 0 aliphatic heterocycles. The van der Waals surface area contributed by atoms with Crippen LogP contribution in [0.5, 0.6) is 0 Å². The van der Waals surface area contributed by atoms with E-state index in [1.165, 1.54) is 18.2 Å². The normalized spacial score (nSPS) is 12.6. The Kier molecular flexibility index (Phi) is 4.82. The first kappa shape index (κ1) is 15.1. The Bertz CT molecular complexity index is 610. The maximum absolute atomic E-state index is 11.8. The molecular weight excluding hydrogens is 278 g/mol. The minimum absolute atomic E-state index is 0.147. The van der Waals surface area contributed by atoms with Crippen molar-refractivity contribution in [3.8, 4) is 0 Å². The van der Waals surface area contributed by atoms with E-state index in [1.807, 2.05) is 0 Å². The Hall–Kier alpha value is -1.00. The van der Waals surface area contributed by atoms with Gasteiger partial charge >= 0.3 is 0 Å². The Morgan fingerprint density at radius 1 is 1.11 bits per heavy atom. The molecule has 1 rings (SSSR count). The largest absolute Gasteiger partial charge is 0.330 e. The van der Waals surface area contributed by atoms with Crippen LogP contribution in [0, 0.1) is 0 Å². The molecule has 0 aliphatic carbocycles. The van der Waals surface area contributed by atoms with Gasteiger partial charge in [0.1, 0.15) is 0 Å². The number of hydrogen-bond acceptors (Lipinski definition) is 5. The number of hydrogen-bond donors (Lipinski definition) is 3. The molecule has 0 radical (unpaired) electrons. The number of sulfonamides is 2. The fraction of sp³-hybridized carbons (Fsp3) is 0.333. The molecule has 0 saturated heterocycles. The molecule has 0 atom stereocenters. The van der Waals surface area contributed by atoms with Crippen LogP contribution in [-0.2, 0) is 20.0 Å². The maximum Gasteiger partial charge on any atom is 0.240 e. The highest BCUT2D eigenvalue weighted by atomic mass is 32.2. The molecule has 0 bridgehead atoms. The summed E-state index contributed by atoms with van der Waals surface area (Å²) in [6, 6.07) is 4.85.